The normalized spacial score (nSPS) is 10.8. The van der Waals surface area contributed by atoms with E-state index in [1.165, 1.54) is 0 Å². The summed E-state index contributed by atoms with van der Waals surface area (Å²) in [5.74, 6) is 1.84. The van der Waals surface area contributed by atoms with Crippen LogP contribution in [-0.4, -0.2) is 15.3 Å². The zero-order chi connectivity index (χ0) is 23.7. The largest absolute Gasteiger partial charge is 0.508 e. The summed E-state index contributed by atoms with van der Waals surface area (Å²) in [5.41, 5.74) is 5.70. The molecule has 0 saturated heterocycles. The van der Waals surface area contributed by atoms with E-state index in [-0.39, 0.29) is 17.2 Å². The van der Waals surface area contributed by atoms with Crippen molar-refractivity contribution in [2.75, 3.05) is 4.90 Å². The van der Waals surface area contributed by atoms with Gasteiger partial charge >= 0.3 is 0 Å². The van der Waals surface area contributed by atoms with Gasteiger partial charge in [0.05, 0.1) is 11.4 Å². The second kappa shape index (κ2) is 8.79. The number of aromatic hydroxyl groups is 3. The van der Waals surface area contributed by atoms with E-state index in [9.17, 15) is 15.3 Å². The van der Waals surface area contributed by atoms with Crippen LogP contribution in [0.1, 0.15) is 22.3 Å². The molecule has 3 N–H and O–H groups in total. The van der Waals surface area contributed by atoms with Gasteiger partial charge < -0.3 is 25.0 Å². The summed E-state index contributed by atoms with van der Waals surface area (Å²) in [5, 5.41) is 30.5. The van der Waals surface area contributed by atoms with Gasteiger partial charge in [-0.1, -0.05) is 6.07 Å². The van der Waals surface area contributed by atoms with Gasteiger partial charge in [0.2, 0.25) is 0 Å². The molecule has 0 atom stereocenters. The van der Waals surface area contributed by atoms with Gasteiger partial charge in [0, 0.05) is 23.9 Å². The van der Waals surface area contributed by atoms with Gasteiger partial charge in [0.15, 0.2) is 0 Å². The van der Waals surface area contributed by atoms with E-state index in [0.29, 0.717) is 11.5 Å². The lowest BCUT2D eigenvalue weighted by Crippen LogP contribution is -2.10. The monoisotopic (exact) mass is 441 g/mol. The molecule has 4 rings (SSSR count). The van der Waals surface area contributed by atoms with E-state index >= 15 is 0 Å². The van der Waals surface area contributed by atoms with Crippen molar-refractivity contribution in [1.29, 1.82) is 0 Å². The molecule has 0 aliphatic rings. The van der Waals surface area contributed by atoms with Gasteiger partial charge in [-0.3, -0.25) is 0 Å². The number of phenols is 3. The zero-order valence-electron chi connectivity index (χ0n) is 19.1. The van der Waals surface area contributed by atoms with Crippen molar-refractivity contribution in [3.05, 3.63) is 95.1 Å². The summed E-state index contributed by atoms with van der Waals surface area (Å²) in [6.45, 7) is 7.55. The highest BCUT2D eigenvalue weighted by Gasteiger charge is 2.16. The minimum absolute atomic E-state index is 0.162. The predicted octanol–water partition coefficient (Wildman–Crippen LogP) is 7.30. The van der Waals surface area contributed by atoms with Gasteiger partial charge in [0.1, 0.15) is 28.7 Å². The Balaban J connectivity index is 1.82. The molecule has 0 radical (unpaired) electrons. The number of aryl methyl sites for hydroxylation is 4. The standard InChI is InChI=1S/C28H27NO4/c1-17-8-22(14-24(30)10-17)29(23-9-18(2)11-25(31)15-23)21-6-5-7-26(16-21)33-28-13-19(3)27(32)12-20(28)4/h5-16,30-32H,1-4H3. The minimum Gasteiger partial charge on any atom is -0.508 e. The van der Waals surface area contributed by atoms with Crippen molar-refractivity contribution in [2.24, 2.45) is 0 Å². The Morgan fingerprint density at radius 1 is 0.606 bits per heavy atom. The molecule has 0 aliphatic carbocycles. The summed E-state index contributed by atoms with van der Waals surface area (Å²) in [7, 11) is 0. The number of hydrogen-bond acceptors (Lipinski definition) is 5. The van der Waals surface area contributed by atoms with E-state index in [4.69, 9.17) is 4.74 Å². The summed E-state index contributed by atoms with van der Waals surface area (Å²) < 4.78 is 6.17. The first-order valence-electron chi connectivity index (χ1n) is 10.7. The van der Waals surface area contributed by atoms with Gasteiger partial charge in [-0.05, 0) is 98.5 Å². The summed E-state index contributed by atoms with van der Waals surface area (Å²) in [4.78, 5) is 1.96. The predicted molar refractivity (Wildman–Crippen MR) is 132 cm³/mol. The van der Waals surface area contributed by atoms with Gasteiger partial charge in [-0.2, -0.15) is 0 Å². The molecule has 0 amide bonds. The number of rotatable bonds is 5. The average Bonchev–Trinajstić information content (AvgIpc) is 2.71. The molecule has 0 spiro atoms. The number of hydrogen-bond donors (Lipinski definition) is 3. The molecule has 0 aliphatic heterocycles. The van der Waals surface area contributed by atoms with Gasteiger partial charge in [-0.25, -0.2) is 0 Å². The molecule has 168 valence electrons. The van der Waals surface area contributed by atoms with Crippen molar-refractivity contribution < 1.29 is 20.1 Å². The highest BCUT2D eigenvalue weighted by molar-refractivity contribution is 5.79. The van der Waals surface area contributed by atoms with E-state index in [0.717, 1.165) is 39.3 Å². The molecule has 4 aromatic carbocycles. The Kier molecular flexibility index (Phi) is 5.88. The zero-order valence-corrected chi connectivity index (χ0v) is 19.1. The highest BCUT2D eigenvalue weighted by Crippen LogP contribution is 2.40. The van der Waals surface area contributed by atoms with E-state index < -0.39 is 0 Å². The highest BCUT2D eigenvalue weighted by atomic mass is 16.5. The molecule has 0 saturated carbocycles. The number of nitrogens with zero attached hydrogens (tertiary/aromatic N) is 1. The topological polar surface area (TPSA) is 73.2 Å². The van der Waals surface area contributed by atoms with Crippen LogP contribution in [0.2, 0.25) is 0 Å². The third-order valence-electron chi connectivity index (χ3n) is 5.41. The van der Waals surface area contributed by atoms with Crippen LogP contribution in [0.3, 0.4) is 0 Å². The van der Waals surface area contributed by atoms with Crippen molar-refractivity contribution in [2.45, 2.75) is 27.7 Å². The molecule has 5 heteroatoms. The van der Waals surface area contributed by atoms with Crippen LogP contribution in [0.25, 0.3) is 0 Å². The maximum atomic E-state index is 10.3. The molecule has 4 aromatic rings. The number of phenolic OH excluding ortho intramolecular Hbond substituents is 3. The molecular weight excluding hydrogens is 414 g/mol. The summed E-state index contributed by atoms with van der Waals surface area (Å²) in [6, 6.07) is 21.8. The van der Waals surface area contributed by atoms with Gasteiger partial charge in [-0.15, -0.1) is 0 Å². The first-order valence-corrected chi connectivity index (χ1v) is 10.7. The van der Waals surface area contributed by atoms with Crippen LogP contribution in [0.15, 0.2) is 72.8 Å². The number of ether oxygens (including phenoxy) is 1. The summed E-state index contributed by atoms with van der Waals surface area (Å²) in [6.07, 6.45) is 0. The lowest BCUT2D eigenvalue weighted by molar-refractivity contribution is 0.458. The Morgan fingerprint density at radius 2 is 1.21 bits per heavy atom. The minimum atomic E-state index is 0.162. The van der Waals surface area contributed by atoms with Crippen LogP contribution >= 0.6 is 0 Å². The third-order valence-corrected chi connectivity index (χ3v) is 5.41. The smallest absolute Gasteiger partial charge is 0.130 e. The Bertz CT molecular complexity index is 1240. The first-order chi connectivity index (χ1) is 15.7. The Labute approximate surface area is 193 Å². The second-order valence-electron chi connectivity index (χ2n) is 8.39. The fourth-order valence-electron chi connectivity index (χ4n) is 3.89. The Morgan fingerprint density at radius 3 is 1.79 bits per heavy atom. The summed E-state index contributed by atoms with van der Waals surface area (Å²) >= 11 is 0. The fourth-order valence-corrected chi connectivity index (χ4v) is 3.89. The number of anilines is 3. The third kappa shape index (κ3) is 4.88. The van der Waals surface area contributed by atoms with Crippen molar-refractivity contribution in [3.63, 3.8) is 0 Å². The van der Waals surface area contributed by atoms with Crippen LogP contribution < -0.4 is 9.64 Å². The SMILES string of the molecule is Cc1cc(O)cc(N(c2cc(C)cc(O)c2)c2cccc(Oc3cc(C)c(O)cc3C)c2)c1. The molecule has 0 unspecified atom stereocenters. The van der Waals surface area contributed by atoms with E-state index in [1.807, 2.05) is 75.1 Å². The van der Waals surface area contributed by atoms with Crippen LogP contribution in [0, 0.1) is 27.7 Å². The maximum absolute atomic E-state index is 10.3. The quantitative estimate of drug-likeness (QED) is 0.303. The lowest BCUT2D eigenvalue weighted by Gasteiger charge is -2.27. The van der Waals surface area contributed by atoms with Crippen molar-refractivity contribution in [3.8, 4) is 28.7 Å². The van der Waals surface area contributed by atoms with Crippen LogP contribution in [0.5, 0.6) is 28.7 Å². The first kappa shape index (κ1) is 22.1. The average molecular weight is 442 g/mol. The fraction of sp³-hybridized carbons (Fsp3) is 0.143. The van der Waals surface area contributed by atoms with E-state index in [1.54, 1.807) is 30.3 Å². The maximum Gasteiger partial charge on any atom is 0.130 e. The molecule has 0 heterocycles. The lowest BCUT2D eigenvalue weighted by atomic mass is 10.1. The van der Waals surface area contributed by atoms with E-state index in [2.05, 4.69) is 0 Å². The molecule has 0 aromatic heterocycles. The van der Waals surface area contributed by atoms with Crippen LogP contribution in [-0.2, 0) is 0 Å². The number of benzene rings is 4. The molecule has 0 fully saturated rings. The Hall–Kier alpha value is -4.12. The van der Waals surface area contributed by atoms with Crippen molar-refractivity contribution >= 4 is 17.1 Å². The molecule has 33 heavy (non-hydrogen) atoms. The van der Waals surface area contributed by atoms with Crippen molar-refractivity contribution in [1.82, 2.24) is 0 Å². The molecule has 5 nitrogen and oxygen atoms in total. The second-order valence-corrected chi connectivity index (χ2v) is 8.39. The van der Waals surface area contributed by atoms with Gasteiger partial charge in [0.25, 0.3) is 0 Å². The van der Waals surface area contributed by atoms with Crippen LogP contribution in [0.4, 0.5) is 17.1 Å². The molecular formula is C28H27NO4. The molecule has 0 bridgehead atoms.